The molecule has 1 aliphatic rings. The number of para-hydroxylation sites is 1. The summed E-state index contributed by atoms with van der Waals surface area (Å²) in [6.45, 7) is 5.07. The number of amides is 2. The van der Waals surface area contributed by atoms with Crippen LogP contribution in [0.4, 0.5) is 5.69 Å². The molecule has 1 saturated heterocycles. The number of nitrogens with zero attached hydrogens (tertiary/aromatic N) is 2. The molecule has 2 aromatic carbocycles. The minimum absolute atomic E-state index is 0.0270. The fourth-order valence-corrected chi connectivity index (χ4v) is 3.35. The average Bonchev–Trinajstić information content (AvgIpc) is 2.67. The third-order valence-electron chi connectivity index (χ3n) is 4.60. The molecule has 0 unspecified atom stereocenters. The van der Waals surface area contributed by atoms with E-state index >= 15 is 0 Å². The molecule has 0 atom stereocenters. The molecule has 0 aliphatic carbocycles. The summed E-state index contributed by atoms with van der Waals surface area (Å²) in [7, 11) is 0. The predicted octanol–water partition coefficient (Wildman–Crippen LogP) is 2.84. The Morgan fingerprint density at radius 2 is 1.65 bits per heavy atom. The number of anilines is 1. The van der Waals surface area contributed by atoms with E-state index in [1.54, 1.807) is 12.1 Å². The lowest BCUT2D eigenvalue weighted by atomic mass is 10.1. The summed E-state index contributed by atoms with van der Waals surface area (Å²) in [4.78, 5) is 28.6. The highest BCUT2D eigenvalue weighted by molar-refractivity contribution is 9.10. The quantitative estimate of drug-likeness (QED) is 0.834. The Hall–Kier alpha value is -2.34. The van der Waals surface area contributed by atoms with Gasteiger partial charge in [0, 0.05) is 41.9 Å². The van der Waals surface area contributed by atoms with Gasteiger partial charge in [0.25, 0.3) is 5.91 Å². The summed E-state index contributed by atoms with van der Waals surface area (Å²) in [6.07, 6.45) is 0. The predicted molar refractivity (Wildman–Crippen MR) is 106 cm³/mol. The van der Waals surface area contributed by atoms with E-state index in [1.165, 1.54) is 11.3 Å². The van der Waals surface area contributed by atoms with Gasteiger partial charge in [0.1, 0.15) is 0 Å². The van der Waals surface area contributed by atoms with Crippen LogP contribution in [0.15, 0.2) is 53.0 Å². The summed E-state index contributed by atoms with van der Waals surface area (Å²) in [5.41, 5.74) is 3.02. The Balaban J connectivity index is 1.48. The zero-order valence-corrected chi connectivity index (χ0v) is 16.3. The Morgan fingerprint density at radius 1 is 1.00 bits per heavy atom. The molecule has 136 valence electrons. The van der Waals surface area contributed by atoms with Crippen LogP contribution in [0.5, 0.6) is 0 Å². The molecule has 5 nitrogen and oxygen atoms in total. The number of halogens is 1. The molecule has 1 heterocycles. The van der Waals surface area contributed by atoms with E-state index in [1.807, 2.05) is 29.2 Å². The van der Waals surface area contributed by atoms with Crippen molar-refractivity contribution in [2.45, 2.75) is 6.92 Å². The standard InChI is InChI=1S/C20H22BrN3O2/c1-15-4-2-3-5-18(15)23-10-12-24(13-11-23)19(25)14-22-20(26)16-6-8-17(21)9-7-16/h2-9H,10-14H2,1H3,(H,22,26). The first-order valence-electron chi connectivity index (χ1n) is 8.67. The maximum atomic E-state index is 12.4. The van der Waals surface area contributed by atoms with Crippen molar-refractivity contribution in [1.29, 1.82) is 0 Å². The lowest BCUT2D eigenvalue weighted by Crippen LogP contribution is -2.51. The molecule has 0 bridgehead atoms. The van der Waals surface area contributed by atoms with E-state index in [0.29, 0.717) is 18.7 Å². The summed E-state index contributed by atoms with van der Waals surface area (Å²) in [5, 5.41) is 2.71. The molecule has 6 heteroatoms. The van der Waals surface area contributed by atoms with Gasteiger partial charge in [0.2, 0.25) is 5.91 Å². The van der Waals surface area contributed by atoms with Gasteiger partial charge in [-0.1, -0.05) is 34.1 Å². The van der Waals surface area contributed by atoms with Crippen molar-refractivity contribution in [3.05, 3.63) is 64.1 Å². The number of carbonyl (C=O) groups is 2. The lowest BCUT2D eigenvalue weighted by molar-refractivity contribution is -0.130. The summed E-state index contributed by atoms with van der Waals surface area (Å²) in [5.74, 6) is -0.274. The van der Waals surface area contributed by atoms with E-state index < -0.39 is 0 Å². The van der Waals surface area contributed by atoms with Crippen molar-refractivity contribution >= 4 is 33.4 Å². The molecule has 0 aromatic heterocycles. The Bertz CT molecular complexity index is 784. The fraction of sp³-hybridized carbons (Fsp3) is 0.300. The number of hydrogen-bond acceptors (Lipinski definition) is 3. The number of carbonyl (C=O) groups excluding carboxylic acids is 2. The van der Waals surface area contributed by atoms with Crippen LogP contribution in [0, 0.1) is 6.92 Å². The van der Waals surface area contributed by atoms with Crippen LogP contribution < -0.4 is 10.2 Å². The van der Waals surface area contributed by atoms with Crippen LogP contribution in [0.1, 0.15) is 15.9 Å². The van der Waals surface area contributed by atoms with Gasteiger partial charge >= 0.3 is 0 Å². The highest BCUT2D eigenvalue weighted by Gasteiger charge is 2.22. The molecule has 0 saturated carbocycles. The van der Waals surface area contributed by atoms with Crippen LogP contribution in [-0.4, -0.2) is 49.4 Å². The maximum Gasteiger partial charge on any atom is 0.251 e. The van der Waals surface area contributed by atoms with E-state index in [-0.39, 0.29) is 18.4 Å². The van der Waals surface area contributed by atoms with Crippen molar-refractivity contribution in [2.75, 3.05) is 37.6 Å². The first kappa shape index (κ1) is 18.5. The second-order valence-corrected chi connectivity index (χ2v) is 7.26. The Morgan fingerprint density at radius 3 is 2.31 bits per heavy atom. The van der Waals surface area contributed by atoms with Crippen LogP contribution in [0.3, 0.4) is 0 Å². The smallest absolute Gasteiger partial charge is 0.251 e. The van der Waals surface area contributed by atoms with Gasteiger partial charge in [-0.25, -0.2) is 0 Å². The topological polar surface area (TPSA) is 52.6 Å². The highest BCUT2D eigenvalue weighted by atomic mass is 79.9. The van der Waals surface area contributed by atoms with Crippen molar-refractivity contribution in [3.63, 3.8) is 0 Å². The van der Waals surface area contributed by atoms with E-state index in [4.69, 9.17) is 0 Å². The second kappa shape index (κ2) is 8.36. The van der Waals surface area contributed by atoms with E-state index in [0.717, 1.165) is 17.6 Å². The van der Waals surface area contributed by atoms with Crippen molar-refractivity contribution in [1.82, 2.24) is 10.2 Å². The molecule has 26 heavy (non-hydrogen) atoms. The molecule has 0 radical (unpaired) electrons. The molecule has 1 fully saturated rings. The molecule has 3 rings (SSSR count). The molecule has 0 spiro atoms. The first-order valence-corrected chi connectivity index (χ1v) is 9.46. The maximum absolute atomic E-state index is 12.4. The molecule has 2 aromatic rings. The minimum atomic E-state index is -0.232. The van der Waals surface area contributed by atoms with Gasteiger partial charge in [-0.2, -0.15) is 0 Å². The number of piperazine rings is 1. The van der Waals surface area contributed by atoms with Crippen LogP contribution in [-0.2, 0) is 4.79 Å². The minimum Gasteiger partial charge on any atom is -0.368 e. The first-order chi connectivity index (χ1) is 12.5. The normalized spacial score (nSPS) is 14.2. The van der Waals surface area contributed by atoms with Crippen molar-refractivity contribution in [2.24, 2.45) is 0 Å². The van der Waals surface area contributed by atoms with Gasteiger partial charge < -0.3 is 15.1 Å². The zero-order chi connectivity index (χ0) is 18.5. The van der Waals surface area contributed by atoms with Crippen LogP contribution >= 0.6 is 15.9 Å². The number of nitrogens with one attached hydrogen (secondary N) is 1. The largest absolute Gasteiger partial charge is 0.368 e. The second-order valence-electron chi connectivity index (χ2n) is 6.34. The molecular weight excluding hydrogens is 394 g/mol. The van der Waals surface area contributed by atoms with Crippen LogP contribution in [0.2, 0.25) is 0 Å². The van der Waals surface area contributed by atoms with Gasteiger partial charge in [-0.3, -0.25) is 9.59 Å². The lowest BCUT2D eigenvalue weighted by Gasteiger charge is -2.36. The highest BCUT2D eigenvalue weighted by Crippen LogP contribution is 2.20. The van der Waals surface area contributed by atoms with Crippen molar-refractivity contribution in [3.8, 4) is 0 Å². The molecule has 2 amide bonds. The number of benzene rings is 2. The zero-order valence-electron chi connectivity index (χ0n) is 14.7. The summed E-state index contributed by atoms with van der Waals surface area (Å²) < 4.78 is 0.914. The van der Waals surface area contributed by atoms with Gasteiger partial charge in [0.05, 0.1) is 6.54 Å². The van der Waals surface area contributed by atoms with E-state index in [9.17, 15) is 9.59 Å². The monoisotopic (exact) mass is 415 g/mol. The molecule has 1 N–H and O–H groups in total. The van der Waals surface area contributed by atoms with Gasteiger partial charge in [-0.15, -0.1) is 0 Å². The molecular formula is C20H22BrN3O2. The van der Waals surface area contributed by atoms with Gasteiger partial charge in [-0.05, 0) is 42.8 Å². The Labute approximate surface area is 162 Å². The Kier molecular flexibility index (Phi) is 5.93. The van der Waals surface area contributed by atoms with Crippen molar-refractivity contribution < 1.29 is 9.59 Å². The van der Waals surface area contributed by atoms with E-state index in [2.05, 4.69) is 45.2 Å². The average molecular weight is 416 g/mol. The fourth-order valence-electron chi connectivity index (χ4n) is 3.09. The SMILES string of the molecule is Cc1ccccc1N1CCN(C(=O)CNC(=O)c2ccc(Br)cc2)CC1. The number of aryl methyl sites for hydroxylation is 1. The third-order valence-corrected chi connectivity index (χ3v) is 5.12. The number of hydrogen-bond donors (Lipinski definition) is 1. The number of rotatable bonds is 4. The molecule has 1 aliphatic heterocycles. The van der Waals surface area contributed by atoms with Gasteiger partial charge in [0.15, 0.2) is 0 Å². The summed E-state index contributed by atoms with van der Waals surface area (Å²) in [6, 6.07) is 15.4. The summed E-state index contributed by atoms with van der Waals surface area (Å²) >= 11 is 3.34. The third kappa shape index (κ3) is 4.43. The van der Waals surface area contributed by atoms with Crippen LogP contribution in [0.25, 0.3) is 0 Å².